The van der Waals surface area contributed by atoms with Crippen molar-refractivity contribution in [1.29, 1.82) is 0 Å². The number of aromatic nitrogens is 1. The van der Waals surface area contributed by atoms with E-state index in [4.69, 9.17) is 5.11 Å². The van der Waals surface area contributed by atoms with Gasteiger partial charge in [0.25, 0.3) is 0 Å². The Morgan fingerprint density at radius 1 is 1.56 bits per heavy atom. The van der Waals surface area contributed by atoms with E-state index in [1.54, 1.807) is 6.92 Å². The van der Waals surface area contributed by atoms with Crippen LogP contribution in [0.2, 0.25) is 0 Å². The molecular formula is C11H16N2O4S. The Kier molecular flexibility index (Phi) is 3.98. The number of carbonyl (C=O) groups is 1. The predicted molar refractivity (Wildman–Crippen MR) is 67.0 cm³/mol. The molecule has 0 saturated carbocycles. The Morgan fingerprint density at radius 2 is 2.11 bits per heavy atom. The van der Waals surface area contributed by atoms with E-state index in [0.29, 0.717) is 5.57 Å². The lowest BCUT2D eigenvalue weighted by atomic mass is 10.4. The van der Waals surface area contributed by atoms with Crippen LogP contribution >= 0.6 is 0 Å². The maximum atomic E-state index is 12.1. The largest absolute Gasteiger partial charge is 0.477 e. The molecule has 0 radical (unpaired) electrons. The van der Waals surface area contributed by atoms with Crippen LogP contribution in [0.1, 0.15) is 17.4 Å². The fourth-order valence-electron chi connectivity index (χ4n) is 1.53. The standard InChI is InChI=1S/C11H16N2O4S/c1-8(2)6-13(4)18(16,17)9-5-10(11(14)15)12(3)7-9/h5,7H,1,6H2,2-4H3,(H,14,15). The van der Waals surface area contributed by atoms with Gasteiger partial charge >= 0.3 is 5.97 Å². The fraction of sp³-hybridized carbons (Fsp3) is 0.364. The molecule has 0 bridgehead atoms. The number of hydrogen-bond acceptors (Lipinski definition) is 3. The van der Waals surface area contributed by atoms with Crippen molar-refractivity contribution >= 4 is 16.0 Å². The van der Waals surface area contributed by atoms with Gasteiger partial charge in [0.2, 0.25) is 10.0 Å². The number of aromatic carboxylic acids is 1. The van der Waals surface area contributed by atoms with Crippen molar-refractivity contribution in [1.82, 2.24) is 8.87 Å². The third-order valence-corrected chi connectivity index (χ3v) is 4.17. The Bertz CT molecular complexity index is 586. The van der Waals surface area contributed by atoms with Crippen LogP contribution in [0.3, 0.4) is 0 Å². The van der Waals surface area contributed by atoms with E-state index in [9.17, 15) is 13.2 Å². The smallest absolute Gasteiger partial charge is 0.352 e. The van der Waals surface area contributed by atoms with E-state index in [-0.39, 0.29) is 17.1 Å². The molecule has 0 amide bonds. The maximum Gasteiger partial charge on any atom is 0.352 e. The summed E-state index contributed by atoms with van der Waals surface area (Å²) in [7, 11) is -0.766. The number of hydrogen-bond donors (Lipinski definition) is 1. The van der Waals surface area contributed by atoms with Gasteiger partial charge in [-0.05, 0) is 13.0 Å². The van der Waals surface area contributed by atoms with Crippen LogP contribution in [0.4, 0.5) is 0 Å². The SMILES string of the molecule is C=C(C)CN(C)S(=O)(=O)c1cc(C(=O)O)n(C)c1. The van der Waals surface area contributed by atoms with Crippen LogP contribution in [0.5, 0.6) is 0 Å². The van der Waals surface area contributed by atoms with Gasteiger partial charge in [-0.25, -0.2) is 13.2 Å². The number of rotatable bonds is 5. The number of sulfonamides is 1. The van der Waals surface area contributed by atoms with Gasteiger partial charge in [-0.1, -0.05) is 12.2 Å². The summed E-state index contributed by atoms with van der Waals surface area (Å²) >= 11 is 0. The minimum Gasteiger partial charge on any atom is -0.477 e. The molecule has 7 heteroatoms. The predicted octanol–water partition coefficient (Wildman–Crippen LogP) is 0.920. The Balaban J connectivity index is 3.17. The van der Waals surface area contributed by atoms with Crippen LogP contribution in [-0.2, 0) is 17.1 Å². The lowest BCUT2D eigenvalue weighted by molar-refractivity contribution is 0.0686. The molecule has 0 fully saturated rings. The van der Waals surface area contributed by atoms with Gasteiger partial charge in [0.15, 0.2) is 0 Å². The summed E-state index contributed by atoms with van der Waals surface area (Å²) in [4.78, 5) is 10.8. The molecule has 0 aromatic carbocycles. The molecule has 0 atom stereocenters. The molecule has 0 aliphatic carbocycles. The first-order chi connectivity index (χ1) is 8.16. The van der Waals surface area contributed by atoms with E-state index in [2.05, 4.69) is 6.58 Å². The second kappa shape index (κ2) is 4.95. The first-order valence-electron chi connectivity index (χ1n) is 5.16. The Hall–Kier alpha value is -1.60. The summed E-state index contributed by atoms with van der Waals surface area (Å²) in [5.41, 5.74) is 0.632. The molecule has 1 heterocycles. The van der Waals surface area contributed by atoms with Crippen molar-refractivity contribution < 1.29 is 18.3 Å². The van der Waals surface area contributed by atoms with Crippen molar-refractivity contribution in [3.05, 3.63) is 30.1 Å². The summed E-state index contributed by atoms with van der Waals surface area (Å²) < 4.78 is 26.7. The van der Waals surface area contributed by atoms with Gasteiger partial charge in [0, 0.05) is 26.8 Å². The van der Waals surface area contributed by atoms with Gasteiger partial charge in [-0.15, -0.1) is 0 Å². The highest BCUT2D eigenvalue weighted by Crippen LogP contribution is 2.18. The number of nitrogens with zero attached hydrogens (tertiary/aromatic N) is 2. The summed E-state index contributed by atoms with van der Waals surface area (Å²) in [6.45, 7) is 5.56. The summed E-state index contributed by atoms with van der Waals surface area (Å²) in [5, 5.41) is 8.89. The molecule has 1 N–H and O–H groups in total. The normalized spacial score (nSPS) is 11.8. The molecule has 6 nitrogen and oxygen atoms in total. The molecule has 1 aromatic rings. The topological polar surface area (TPSA) is 79.6 Å². The van der Waals surface area contributed by atoms with Gasteiger partial charge in [0.05, 0.1) is 0 Å². The van der Waals surface area contributed by atoms with Crippen molar-refractivity contribution in [3.8, 4) is 0 Å². The summed E-state index contributed by atoms with van der Waals surface area (Å²) in [6, 6.07) is 1.15. The zero-order valence-corrected chi connectivity index (χ0v) is 11.4. The lowest BCUT2D eigenvalue weighted by Gasteiger charge is -2.15. The summed E-state index contributed by atoms with van der Waals surface area (Å²) in [6.07, 6.45) is 1.29. The third-order valence-electron chi connectivity index (χ3n) is 2.40. The van der Waals surface area contributed by atoms with Crippen LogP contribution in [0.25, 0.3) is 0 Å². The maximum absolute atomic E-state index is 12.1. The van der Waals surface area contributed by atoms with Crippen molar-refractivity contribution in [2.75, 3.05) is 13.6 Å². The molecule has 0 aliphatic rings. The van der Waals surface area contributed by atoms with Crippen LogP contribution < -0.4 is 0 Å². The molecule has 0 saturated heterocycles. The van der Waals surface area contributed by atoms with Crippen molar-refractivity contribution in [2.24, 2.45) is 7.05 Å². The monoisotopic (exact) mass is 272 g/mol. The molecule has 1 aromatic heterocycles. The quantitative estimate of drug-likeness (QED) is 0.808. The molecule has 1 rings (SSSR count). The Labute approximate surface area is 106 Å². The second-order valence-electron chi connectivity index (χ2n) is 4.20. The average molecular weight is 272 g/mol. The van der Waals surface area contributed by atoms with Crippen molar-refractivity contribution in [2.45, 2.75) is 11.8 Å². The molecule has 0 spiro atoms. The van der Waals surface area contributed by atoms with E-state index in [1.807, 2.05) is 0 Å². The zero-order chi connectivity index (χ0) is 14.1. The molecule has 18 heavy (non-hydrogen) atoms. The first-order valence-corrected chi connectivity index (χ1v) is 6.60. The minimum atomic E-state index is -3.68. The van der Waals surface area contributed by atoms with Crippen molar-refractivity contribution in [3.63, 3.8) is 0 Å². The zero-order valence-electron chi connectivity index (χ0n) is 10.5. The molecule has 0 unspecified atom stereocenters. The van der Waals surface area contributed by atoms with Gasteiger partial charge < -0.3 is 9.67 Å². The van der Waals surface area contributed by atoms with E-state index in [1.165, 1.54) is 24.9 Å². The highest BCUT2D eigenvalue weighted by atomic mass is 32.2. The summed E-state index contributed by atoms with van der Waals surface area (Å²) in [5.74, 6) is -1.17. The van der Waals surface area contributed by atoms with E-state index < -0.39 is 16.0 Å². The second-order valence-corrected chi connectivity index (χ2v) is 6.24. The number of aryl methyl sites for hydroxylation is 1. The van der Waals surface area contributed by atoms with Gasteiger partial charge in [0.1, 0.15) is 10.6 Å². The van der Waals surface area contributed by atoms with Crippen LogP contribution in [0.15, 0.2) is 29.3 Å². The minimum absolute atomic E-state index is 0.0360. The highest BCUT2D eigenvalue weighted by Gasteiger charge is 2.24. The third kappa shape index (κ3) is 2.80. The Morgan fingerprint density at radius 3 is 2.50 bits per heavy atom. The van der Waals surface area contributed by atoms with Crippen LogP contribution in [-0.4, -0.2) is 42.0 Å². The average Bonchev–Trinajstić information content (AvgIpc) is 2.59. The first kappa shape index (κ1) is 14.5. The van der Waals surface area contributed by atoms with Crippen LogP contribution in [0, 0.1) is 0 Å². The van der Waals surface area contributed by atoms with Gasteiger partial charge in [-0.2, -0.15) is 4.31 Å². The fourth-order valence-corrected chi connectivity index (χ4v) is 2.84. The number of likely N-dealkylation sites (N-methyl/N-ethyl adjacent to an activating group) is 1. The highest BCUT2D eigenvalue weighted by molar-refractivity contribution is 7.89. The van der Waals surface area contributed by atoms with E-state index in [0.717, 1.165) is 10.4 Å². The van der Waals surface area contributed by atoms with Gasteiger partial charge in [-0.3, -0.25) is 0 Å². The molecule has 0 aliphatic heterocycles. The number of carboxylic acid groups (broad SMARTS) is 1. The molecule has 100 valence electrons. The van der Waals surface area contributed by atoms with E-state index >= 15 is 0 Å². The molecular weight excluding hydrogens is 256 g/mol. The lowest BCUT2D eigenvalue weighted by Crippen LogP contribution is -2.28. The number of carboxylic acids is 1.